The minimum absolute atomic E-state index is 0.676. The summed E-state index contributed by atoms with van der Waals surface area (Å²) in [7, 11) is 0. The smallest absolute Gasteiger partial charge is 0.0642 e. The Bertz CT molecular complexity index is 567. The monoisotopic (exact) mass is 331 g/mol. The minimum Gasteiger partial charge on any atom is -0.378 e. The lowest BCUT2D eigenvalue weighted by atomic mass is 9.95. The van der Waals surface area contributed by atoms with Crippen molar-refractivity contribution in [2.24, 2.45) is 5.92 Å². The molecule has 0 aromatic carbocycles. The Hall–Kier alpha value is -0.910. The van der Waals surface area contributed by atoms with Crippen molar-refractivity contribution in [1.29, 1.82) is 0 Å². The summed E-state index contributed by atoms with van der Waals surface area (Å²) >= 11 is 2.01. The van der Waals surface area contributed by atoms with Gasteiger partial charge in [-0.25, -0.2) is 0 Å². The molecule has 4 nitrogen and oxygen atoms in total. The second-order valence-corrected chi connectivity index (χ2v) is 8.33. The molecule has 0 spiro atoms. The third-order valence-electron chi connectivity index (χ3n) is 5.88. The van der Waals surface area contributed by atoms with Gasteiger partial charge in [0.15, 0.2) is 0 Å². The molecule has 5 aliphatic heterocycles. The maximum Gasteiger partial charge on any atom is 0.0642 e. The van der Waals surface area contributed by atoms with Crippen LogP contribution in [0.15, 0.2) is 34.7 Å². The number of thioether (sulfide) groups is 1. The molecule has 3 atom stereocenters. The van der Waals surface area contributed by atoms with Gasteiger partial charge in [-0.15, -0.1) is 11.8 Å². The molecule has 0 aromatic heterocycles. The number of hydrogen-bond donors (Lipinski definition) is 0. The van der Waals surface area contributed by atoms with Gasteiger partial charge in [-0.05, 0) is 31.4 Å². The first-order valence-electron chi connectivity index (χ1n) is 8.95. The zero-order valence-electron chi connectivity index (χ0n) is 13.6. The summed E-state index contributed by atoms with van der Waals surface area (Å²) in [5.41, 5.74) is 2.99. The topological polar surface area (TPSA) is 19.0 Å². The van der Waals surface area contributed by atoms with Crippen molar-refractivity contribution in [2.45, 2.75) is 18.9 Å². The van der Waals surface area contributed by atoms with Crippen LogP contribution in [0.5, 0.6) is 0 Å². The quantitative estimate of drug-likeness (QED) is 0.769. The Kier molecular flexibility index (Phi) is 3.68. The van der Waals surface area contributed by atoms with Crippen molar-refractivity contribution in [1.82, 2.24) is 14.7 Å². The summed E-state index contributed by atoms with van der Waals surface area (Å²) in [5.74, 6) is 2.05. The largest absolute Gasteiger partial charge is 0.378 e. The van der Waals surface area contributed by atoms with Crippen LogP contribution in [0, 0.1) is 5.92 Å². The van der Waals surface area contributed by atoms with Crippen LogP contribution in [0.25, 0.3) is 0 Å². The van der Waals surface area contributed by atoms with Gasteiger partial charge >= 0.3 is 0 Å². The second-order valence-electron chi connectivity index (χ2n) is 7.31. The van der Waals surface area contributed by atoms with E-state index in [4.69, 9.17) is 4.74 Å². The predicted octanol–water partition coefficient (Wildman–Crippen LogP) is 2.08. The molecule has 0 saturated carbocycles. The van der Waals surface area contributed by atoms with E-state index in [1.54, 1.807) is 0 Å². The maximum absolute atomic E-state index is 5.50. The molecule has 2 bridgehead atoms. The highest BCUT2D eigenvalue weighted by Crippen LogP contribution is 2.42. The van der Waals surface area contributed by atoms with Crippen molar-refractivity contribution in [3.05, 3.63) is 34.7 Å². The van der Waals surface area contributed by atoms with Gasteiger partial charge in [-0.2, -0.15) is 0 Å². The van der Waals surface area contributed by atoms with Crippen LogP contribution in [0.1, 0.15) is 12.8 Å². The van der Waals surface area contributed by atoms with Gasteiger partial charge in [0.1, 0.15) is 0 Å². The fourth-order valence-corrected chi connectivity index (χ4v) is 5.80. The van der Waals surface area contributed by atoms with E-state index in [9.17, 15) is 0 Å². The van der Waals surface area contributed by atoms with Crippen LogP contribution < -0.4 is 0 Å². The molecule has 5 heteroatoms. The first-order valence-corrected chi connectivity index (χ1v) is 9.94. The van der Waals surface area contributed by atoms with Gasteiger partial charge < -0.3 is 19.4 Å². The standard InChI is InChI=1S/C18H25N3OS/c1-3-19-10-14(1)9-15(11-19)21-4-2-16-17(13-23-18(16)12-21)20-5-7-22-8-6-20/h2,4,12,14-15H,1,3,5-11,13H2/t14-,15-/m1/s1. The first-order chi connectivity index (χ1) is 11.4. The van der Waals surface area contributed by atoms with Crippen molar-refractivity contribution in [3.8, 4) is 0 Å². The third-order valence-corrected chi connectivity index (χ3v) is 6.93. The highest BCUT2D eigenvalue weighted by molar-refractivity contribution is 8.03. The van der Waals surface area contributed by atoms with Crippen molar-refractivity contribution >= 4 is 11.8 Å². The lowest BCUT2D eigenvalue weighted by molar-refractivity contribution is 0.0539. The van der Waals surface area contributed by atoms with Crippen LogP contribution in [0.4, 0.5) is 0 Å². The SMILES string of the molecule is C1=CN([C@@H]2C[C@H]3CCN(C3)C2)C=C2SCC(N3CCOCC3)=C12. The number of allylic oxidation sites excluding steroid dienone is 2. The van der Waals surface area contributed by atoms with Crippen LogP contribution in [0.3, 0.4) is 0 Å². The molecule has 0 radical (unpaired) electrons. The molecule has 0 aliphatic carbocycles. The molecule has 3 saturated heterocycles. The molecule has 23 heavy (non-hydrogen) atoms. The summed E-state index contributed by atoms with van der Waals surface area (Å²) in [6.45, 7) is 7.73. The third kappa shape index (κ3) is 2.63. The Labute approximate surface area is 142 Å². The van der Waals surface area contributed by atoms with E-state index in [0.717, 1.165) is 38.0 Å². The molecule has 0 amide bonds. The number of piperidine rings is 1. The Morgan fingerprint density at radius 1 is 1.13 bits per heavy atom. The molecular weight excluding hydrogens is 306 g/mol. The summed E-state index contributed by atoms with van der Waals surface area (Å²) in [6.07, 6.45) is 9.90. The van der Waals surface area contributed by atoms with E-state index in [2.05, 4.69) is 33.2 Å². The number of fused-ring (bicyclic) bond motifs is 3. The van der Waals surface area contributed by atoms with Crippen molar-refractivity contribution < 1.29 is 4.74 Å². The number of rotatable bonds is 2. The number of nitrogens with zero attached hydrogens (tertiary/aromatic N) is 3. The van der Waals surface area contributed by atoms with Crippen LogP contribution in [-0.4, -0.2) is 72.4 Å². The van der Waals surface area contributed by atoms with E-state index in [-0.39, 0.29) is 0 Å². The Morgan fingerprint density at radius 3 is 2.91 bits per heavy atom. The lowest BCUT2D eigenvalue weighted by Crippen LogP contribution is -2.43. The van der Waals surface area contributed by atoms with Crippen LogP contribution in [-0.2, 0) is 4.74 Å². The molecule has 3 fully saturated rings. The van der Waals surface area contributed by atoms with Gasteiger partial charge in [-0.1, -0.05) is 0 Å². The van der Waals surface area contributed by atoms with Crippen molar-refractivity contribution in [2.75, 3.05) is 51.7 Å². The molecule has 0 aromatic rings. The van der Waals surface area contributed by atoms with Gasteiger partial charge in [0.25, 0.3) is 0 Å². The van der Waals surface area contributed by atoms with E-state index in [0.29, 0.717) is 6.04 Å². The molecule has 5 heterocycles. The predicted molar refractivity (Wildman–Crippen MR) is 93.9 cm³/mol. The van der Waals surface area contributed by atoms with Crippen molar-refractivity contribution in [3.63, 3.8) is 0 Å². The average Bonchev–Trinajstić information content (AvgIpc) is 3.18. The van der Waals surface area contributed by atoms with E-state index in [1.807, 2.05) is 11.8 Å². The van der Waals surface area contributed by atoms with E-state index >= 15 is 0 Å². The fraction of sp³-hybridized carbons (Fsp3) is 0.667. The summed E-state index contributed by atoms with van der Waals surface area (Å²) < 4.78 is 5.50. The molecule has 0 N–H and O–H groups in total. The summed E-state index contributed by atoms with van der Waals surface area (Å²) in [4.78, 5) is 9.15. The molecule has 124 valence electrons. The van der Waals surface area contributed by atoms with Gasteiger partial charge in [0.2, 0.25) is 0 Å². The highest BCUT2D eigenvalue weighted by atomic mass is 32.2. The molecule has 5 rings (SSSR count). The lowest BCUT2D eigenvalue weighted by Gasteiger charge is -2.37. The first kappa shape index (κ1) is 14.4. The van der Waals surface area contributed by atoms with Crippen LogP contribution in [0.2, 0.25) is 0 Å². The maximum atomic E-state index is 5.50. The minimum atomic E-state index is 0.676. The van der Waals surface area contributed by atoms with Gasteiger partial charge in [0.05, 0.1) is 13.2 Å². The molecular formula is C18H25N3OS. The zero-order valence-corrected chi connectivity index (χ0v) is 14.4. The number of ether oxygens (including phenoxy) is 1. The van der Waals surface area contributed by atoms with Crippen LogP contribution >= 0.6 is 11.8 Å². The summed E-state index contributed by atoms with van der Waals surface area (Å²) in [5, 5.41) is 0. The fourth-order valence-electron chi connectivity index (χ4n) is 4.63. The number of hydrogen-bond acceptors (Lipinski definition) is 5. The van der Waals surface area contributed by atoms with Gasteiger partial charge in [0, 0.05) is 66.5 Å². The van der Waals surface area contributed by atoms with Gasteiger partial charge in [-0.3, -0.25) is 0 Å². The van der Waals surface area contributed by atoms with E-state index in [1.165, 1.54) is 48.7 Å². The molecule has 1 unspecified atom stereocenters. The summed E-state index contributed by atoms with van der Waals surface area (Å²) in [6, 6.07) is 0.676. The second kappa shape index (κ2) is 5.87. The molecule has 5 aliphatic rings. The Morgan fingerprint density at radius 2 is 2.04 bits per heavy atom. The normalized spacial score (nSPS) is 36.5. The van der Waals surface area contributed by atoms with E-state index < -0.39 is 0 Å². The zero-order chi connectivity index (χ0) is 15.2. The Balaban J connectivity index is 1.35. The highest BCUT2D eigenvalue weighted by Gasteiger charge is 2.35. The average molecular weight is 331 g/mol. The number of morpholine rings is 1.